The number of aromatic carboxylic acids is 1. The van der Waals surface area contributed by atoms with Crippen molar-refractivity contribution in [2.45, 2.75) is 32.2 Å². The van der Waals surface area contributed by atoms with Crippen LogP contribution >= 0.6 is 0 Å². The van der Waals surface area contributed by atoms with Crippen molar-refractivity contribution in [3.8, 4) is 0 Å². The zero-order chi connectivity index (χ0) is 24.7. The maximum atomic E-state index is 13.1. The molecule has 1 saturated heterocycles. The number of nitrogens with one attached hydrogen (secondary N) is 1. The van der Waals surface area contributed by atoms with E-state index >= 15 is 0 Å². The Morgan fingerprint density at radius 3 is 2.46 bits per heavy atom. The van der Waals surface area contributed by atoms with E-state index in [0.29, 0.717) is 22.5 Å². The van der Waals surface area contributed by atoms with Gasteiger partial charge in [-0.15, -0.1) is 0 Å². The minimum Gasteiger partial charge on any atom is -0.478 e. The number of carbonyl (C=O) groups is 1. The molecule has 2 heterocycles. The van der Waals surface area contributed by atoms with Gasteiger partial charge in [-0.05, 0) is 43.2 Å². The van der Waals surface area contributed by atoms with E-state index in [1.807, 2.05) is 44.2 Å². The predicted octanol–water partition coefficient (Wildman–Crippen LogP) is 5.75. The lowest BCUT2D eigenvalue weighted by molar-refractivity contribution is 0.0698. The number of aryl methyl sites for hydroxylation is 1. The van der Waals surface area contributed by atoms with Crippen LogP contribution in [0.15, 0.2) is 82.0 Å². The normalized spacial score (nSPS) is 15.5. The lowest BCUT2D eigenvalue weighted by Crippen LogP contribution is -2.58. The summed E-state index contributed by atoms with van der Waals surface area (Å²) in [4.78, 5) is 26.9. The molecule has 6 nitrogen and oxygen atoms in total. The van der Waals surface area contributed by atoms with Crippen molar-refractivity contribution >= 4 is 28.5 Å². The number of hydrogen-bond acceptors (Lipinski definition) is 5. The molecule has 0 amide bonds. The molecule has 0 radical (unpaired) electrons. The van der Waals surface area contributed by atoms with E-state index in [9.17, 15) is 14.7 Å². The zero-order valence-corrected chi connectivity index (χ0v) is 20.0. The van der Waals surface area contributed by atoms with Gasteiger partial charge in [-0.25, -0.2) is 4.79 Å². The van der Waals surface area contributed by atoms with Crippen LogP contribution in [0.2, 0.25) is 0 Å². The van der Waals surface area contributed by atoms with Gasteiger partial charge >= 0.3 is 5.97 Å². The van der Waals surface area contributed by atoms with Crippen molar-refractivity contribution in [3.05, 3.63) is 105 Å². The Labute approximate surface area is 203 Å². The topological polar surface area (TPSA) is 82.8 Å². The number of rotatable bonds is 6. The fourth-order valence-electron chi connectivity index (χ4n) is 4.98. The lowest BCUT2D eigenvalue weighted by atomic mass is 9.75. The standard InChI is InChI=1S/C29H28N2O4/c1-18-13-22(19(2)30-24-12-8-7-11-21(24)28(33)34)27-23(14-18)25(32)15-26(35-27)31-16-29(3,17-31)20-9-5-4-6-10-20/h4-15,19,30H,16-17H2,1-3H3,(H,33,34). The quantitative estimate of drug-likeness (QED) is 0.375. The Morgan fingerprint density at radius 2 is 1.74 bits per heavy atom. The molecule has 0 aliphatic carbocycles. The molecule has 2 N–H and O–H groups in total. The van der Waals surface area contributed by atoms with Crippen molar-refractivity contribution in [2.24, 2.45) is 0 Å². The largest absolute Gasteiger partial charge is 0.478 e. The molecule has 5 rings (SSSR count). The first kappa shape index (κ1) is 22.7. The fraction of sp³-hybridized carbons (Fsp3) is 0.241. The smallest absolute Gasteiger partial charge is 0.337 e. The summed E-state index contributed by atoms with van der Waals surface area (Å²) in [6.07, 6.45) is 0. The van der Waals surface area contributed by atoms with Crippen LogP contribution in [-0.2, 0) is 5.41 Å². The van der Waals surface area contributed by atoms with E-state index in [1.165, 1.54) is 5.56 Å². The predicted molar refractivity (Wildman–Crippen MR) is 139 cm³/mol. The number of nitrogens with zero attached hydrogens (tertiary/aromatic N) is 1. The Balaban J connectivity index is 1.50. The van der Waals surface area contributed by atoms with Gasteiger partial charge in [-0.1, -0.05) is 55.5 Å². The highest BCUT2D eigenvalue weighted by molar-refractivity contribution is 5.94. The van der Waals surface area contributed by atoms with E-state index in [1.54, 1.807) is 30.3 Å². The van der Waals surface area contributed by atoms with Gasteiger partial charge in [0.25, 0.3) is 0 Å². The molecule has 1 aliphatic rings. The van der Waals surface area contributed by atoms with E-state index in [4.69, 9.17) is 4.42 Å². The Hall–Kier alpha value is -4.06. The zero-order valence-electron chi connectivity index (χ0n) is 20.0. The number of hydrogen-bond donors (Lipinski definition) is 2. The second-order valence-corrected chi connectivity index (χ2v) is 9.68. The summed E-state index contributed by atoms with van der Waals surface area (Å²) in [5, 5.41) is 13.4. The van der Waals surface area contributed by atoms with Gasteiger partial charge in [-0.3, -0.25) is 4.79 Å². The molecule has 6 heteroatoms. The third-order valence-corrected chi connectivity index (χ3v) is 6.85. The average molecular weight is 469 g/mol. The molecule has 1 atom stereocenters. The van der Waals surface area contributed by atoms with Crippen LogP contribution < -0.4 is 15.6 Å². The molecular formula is C29H28N2O4. The summed E-state index contributed by atoms with van der Waals surface area (Å²) >= 11 is 0. The Bertz CT molecular complexity index is 1470. The van der Waals surface area contributed by atoms with Crippen molar-refractivity contribution in [1.29, 1.82) is 0 Å². The van der Waals surface area contributed by atoms with Gasteiger partial charge in [0.2, 0.25) is 0 Å². The van der Waals surface area contributed by atoms with Crippen LogP contribution in [0, 0.1) is 6.92 Å². The van der Waals surface area contributed by atoms with Gasteiger partial charge in [0.05, 0.1) is 17.0 Å². The summed E-state index contributed by atoms with van der Waals surface area (Å²) in [5.74, 6) is -0.443. The molecular weight excluding hydrogens is 440 g/mol. The third kappa shape index (κ3) is 4.16. The van der Waals surface area contributed by atoms with Gasteiger partial charge in [-0.2, -0.15) is 0 Å². The highest BCUT2D eigenvalue weighted by Gasteiger charge is 2.41. The van der Waals surface area contributed by atoms with Gasteiger partial charge in [0, 0.05) is 35.8 Å². The minimum atomic E-state index is -0.998. The SMILES string of the molecule is Cc1cc(C(C)Nc2ccccc2C(=O)O)c2oc(N3CC(C)(c4ccccc4)C3)cc(=O)c2c1. The van der Waals surface area contributed by atoms with Crippen molar-refractivity contribution in [2.75, 3.05) is 23.3 Å². The average Bonchev–Trinajstić information content (AvgIpc) is 2.82. The summed E-state index contributed by atoms with van der Waals surface area (Å²) in [5.41, 5.74) is 4.17. The molecule has 4 aromatic rings. The second kappa shape index (κ2) is 8.62. The van der Waals surface area contributed by atoms with E-state index in [2.05, 4.69) is 29.3 Å². The molecule has 0 bridgehead atoms. The summed E-state index contributed by atoms with van der Waals surface area (Å²) < 4.78 is 6.37. The first-order valence-electron chi connectivity index (χ1n) is 11.7. The summed E-state index contributed by atoms with van der Waals surface area (Å²) in [6.45, 7) is 7.61. The molecule has 3 aromatic carbocycles. The van der Waals surface area contributed by atoms with Crippen molar-refractivity contribution < 1.29 is 14.3 Å². The maximum absolute atomic E-state index is 13.1. The van der Waals surface area contributed by atoms with Crippen LogP contribution in [-0.4, -0.2) is 24.2 Å². The maximum Gasteiger partial charge on any atom is 0.337 e. The first-order chi connectivity index (χ1) is 16.7. The third-order valence-electron chi connectivity index (χ3n) is 6.85. The molecule has 1 aliphatic heterocycles. The van der Waals surface area contributed by atoms with E-state index in [0.717, 1.165) is 24.2 Å². The molecule has 0 saturated carbocycles. The molecule has 0 spiro atoms. The lowest BCUT2D eigenvalue weighted by Gasteiger charge is -2.48. The van der Waals surface area contributed by atoms with Crippen molar-refractivity contribution in [3.63, 3.8) is 0 Å². The number of carboxylic acid groups (broad SMARTS) is 1. The van der Waals surface area contributed by atoms with E-state index in [-0.39, 0.29) is 22.4 Å². The Kier molecular flexibility index (Phi) is 5.59. The molecule has 178 valence electrons. The molecule has 1 fully saturated rings. The molecule has 1 aromatic heterocycles. The van der Waals surface area contributed by atoms with Crippen LogP contribution in [0.25, 0.3) is 11.0 Å². The molecule has 1 unspecified atom stereocenters. The van der Waals surface area contributed by atoms with Gasteiger partial charge in [0.15, 0.2) is 11.3 Å². The highest BCUT2D eigenvalue weighted by atomic mass is 16.4. The van der Waals surface area contributed by atoms with Gasteiger partial charge < -0.3 is 19.7 Å². The summed E-state index contributed by atoms with van der Waals surface area (Å²) in [7, 11) is 0. The summed E-state index contributed by atoms with van der Waals surface area (Å²) in [6, 6.07) is 22.3. The first-order valence-corrected chi connectivity index (χ1v) is 11.7. The Morgan fingerprint density at radius 1 is 1.06 bits per heavy atom. The number of fused-ring (bicyclic) bond motifs is 1. The number of benzene rings is 3. The minimum absolute atomic E-state index is 0.000278. The van der Waals surface area contributed by atoms with E-state index < -0.39 is 5.97 Å². The molecule has 35 heavy (non-hydrogen) atoms. The monoisotopic (exact) mass is 468 g/mol. The number of carboxylic acids is 1. The van der Waals surface area contributed by atoms with Crippen molar-refractivity contribution in [1.82, 2.24) is 0 Å². The highest BCUT2D eigenvalue weighted by Crippen LogP contribution is 2.38. The van der Waals surface area contributed by atoms with Crippen LogP contribution in [0.1, 0.15) is 46.9 Å². The van der Waals surface area contributed by atoms with Crippen LogP contribution in [0.5, 0.6) is 0 Å². The second-order valence-electron chi connectivity index (χ2n) is 9.68. The van der Waals surface area contributed by atoms with Crippen LogP contribution in [0.3, 0.4) is 0 Å². The number of para-hydroxylation sites is 1. The fourth-order valence-corrected chi connectivity index (χ4v) is 4.98. The van der Waals surface area contributed by atoms with Gasteiger partial charge in [0.1, 0.15) is 5.58 Å². The van der Waals surface area contributed by atoms with Crippen LogP contribution in [0.4, 0.5) is 11.6 Å². The number of anilines is 2.